The number of ether oxygens (including phenoxy) is 1. The SMILES string of the molecule is [B]c1c(C=O)cccc1OCC#N. The van der Waals surface area contributed by atoms with Gasteiger partial charge in [-0.3, -0.25) is 4.79 Å². The molecule has 0 atom stereocenters. The predicted octanol–water partition coefficient (Wildman–Crippen LogP) is 0.195. The van der Waals surface area contributed by atoms with E-state index in [9.17, 15) is 4.79 Å². The van der Waals surface area contributed by atoms with Crippen molar-refractivity contribution >= 4 is 19.6 Å². The van der Waals surface area contributed by atoms with Crippen LogP contribution in [0.2, 0.25) is 0 Å². The van der Waals surface area contributed by atoms with Crippen LogP contribution in [0.3, 0.4) is 0 Å². The Hall–Kier alpha value is -1.76. The van der Waals surface area contributed by atoms with Crippen molar-refractivity contribution in [3.8, 4) is 11.8 Å². The molecule has 0 fully saturated rings. The van der Waals surface area contributed by atoms with Gasteiger partial charge in [0.05, 0.1) is 0 Å². The van der Waals surface area contributed by atoms with Crippen LogP contribution in [0, 0.1) is 11.3 Å². The van der Waals surface area contributed by atoms with Crippen LogP contribution in [0.5, 0.6) is 5.75 Å². The van der Waals surface area contributed by atoms with E-state index in [2.05, 4.69) is 0 Å². The Bertz CT molecular complexity index is 357. The molecule has 0 bridgehead atoms. The number of carbonyl (C=O) groups is 1. The molecular weight excluding hydrogens is 165 g/mol. The van der Waals surface area contributed by atoms with Gasteiger partial charge in [0.2, 0.25) is 0 Å². The molecule has 13 heavy (non-hydrogen) atoms. The summed E-state index contributed by atoms with van der Waals surface area (Å²) in [6.45, 7) is -0.0769. The molecule has 1 rings (SSSR count). The van der Waals surface area contributed by atoms with Crippen molar-refractivity contribution in [2.45, 2.75) is 0 Å². The lowest BCUT2D eigenvalue weighted by molar-refractivity contribution is 0.112. The molecular formula is C9H6BNO2. The van der Waals surface area contributed by atoms with Gasteiger partial charge in [-0.2, -0.15) is 5.26 Å². The Morgan fingerprint density at radius 2 is 2.38 bits per heavy atom. The first-order chi connectivity index (χ1) is 6.29. The highest BCUT2D eigenvalue weighted by atomic mass is 16.5. The summed E-state index contributed by atoms with van der Waals surface area (Å²) in [5.41, 5.74) is 0.642. The van der Waals surface area contributed by atoms with Gasteiger partial charge in [-0.15, -0.1) is 0 Å². The molecule has 0 aliphatic carbocycles. The van der Waals surface area contributed by atoms with Gasteiger partial charge in [-0.1, -0.05) is 12.1 Å². The minimum Gasteiger partial charge on any atom is -0.479 e. The summed E-state index contributed by atoms with van der Waals surface area (Å²) in [4.78, 5) is 10.5. The number of benzene rings is 1. The van der Waals surface area contributed by atoms with Gasteiger partial charge in [-0.05, 0) is 11.5 Å². The van der Waals surface area contributed by atoms with Gasteiger partial charge in [0.15, 0.2) is 6.61 Å². The predicted molar refractivity (Wildman–Crippen MR) is 48.3 cm³/mol. The number of nitriles is 1. The van der Waals surface area contributed by atoms with Gasteiger partial charge in [0.1, 0.15) is 26.0 Å². The Morgan fingerprint density at radius 1 is 1.62 bits per heavy atom. The van der Waals surface area contributed by atoms with E-state index < -0.39 is 0 Å². The number of hydrogen-bond acceptors (Lipinski definition) is 3. The van der Waals surface area contributed by atoms with Gasteiger partial charge in [0, 0.05) is 5.56 Å². The van der Waals surface area contributed by atoms with Crippen LogP contribution < -0.4 is 10.2 Å². The lowest BCUT2D eigenvalue weighted by atomic mass is 9.90. The first-order valence-corrected chi connectivity index (χ1v) is 3.63. The van der Waals surface area contributed by atoms with Crippen LogP contribution in [0.15, 0.2) is 18.2 Å². The summed E-state index contributed by atoms with van der Waals surface area (Å²) in [7, 11) is 5.57. The highest BCUT2D eigenvalue weighted by Crippen LogP contribution is 2.07. The van der Waals surface area contributed by atoms with Gasteiger partial charge < -0.3 is 4.74 Å². The van der Waals surface area contributed by atoms with Crippen LogP contribution in [0.1, 0.15) is 10.4 Å². The maximum atomic E-state index is 10.5. The third kappa shape index (κ3) is 2.09. The molecule has 1 aromatic rings. The molecule has 1 aromatic carbocycles. The zero-order valence-electron chi connectivity index (χ0n) is 6.86. The maximum absolute atomic E-state index is 10.5. The summed E-state index contributed by atoms with van der Waals surface area (Å²) >= 11 is 0. The minimum atomic E-state index is -0.0769. The van der Waals surface area contributed by atoms with Crippen LogP contribution in [-0.2, 0) is 0 Å². The second-order valence-electron chi connectivity index (χ2n) is 2.32. The van der Waals surface area contributed by atoms with Crippen LogP contribution in [0.25, 0.3) is 0 Å². The van der Waals surface area contributed by atoms with Crippen molar-refractivity contribution in [1.82, 2.24) is 0 Å². The summed E-state index contributed by atoms with van der Waals surface area (Å²) in [6.07, 6.45) is 0.647. The summed E-state index contributed by atoms with van der Waals surface area (Å²) in [5.74, 6) is 0.367. The van der Waals surface area contributed by atoms with E-state index in [1.54, 1.807) is 18.2 Å². The van der Waals surface area contributed by atoms with E-state index in [0.29, 0.717) is 17.6 Å². The number of hydrogen-bond donors (Lipinski definition) is 0. The average molecular weight is 171 g/mol. The second-order valence-corrected chi connectivity index (χ2v) is 2.32. The molecule has 0 unspecified atom stereocenters. The van der Waals surface area contributed by atoms with Crippen molar-refractivity contribution in [3.63, 3.8) is 0 Å². The molecule has 0 spiro atoms. The van der Waals surface area contributed by atoms with Crippen molar-refractivity contribution in [1.29, 1.82) is 5.26 Å². The van der Waals surface area contributed by atoms with Crippen LogP contribution in [0.4, 0.5) is 0 Å². The third-order valence-corrected chi connectivity index (χ3v) is 1.52. The van der Waals surface area contributed by atoms with Crippen molar-refractivity contribution < 1.29 is 9.53 Å². The minimum absolute atomic E-state index is 0.0769. The van der Waals surface area contributed by atoms with Crippen molar-refractivity contribution in [2.75, 3.05) is 6.61 Å². The van der Waals surface area contributed by atoms with E-state index in [4.69, 9.17) is 17.8 Å². The number of aldehydes is 1. The first-order valence-electron chi connectivity index (χ1n) is 3.63. The molecule has 0 N–H and O–H groups in total. The number of rotatable bonds is 3. The molecule has 0 saturated carbocycles. The molecule has 0 aromatic heterocycles. The van der Waals surface area contributed by atoms with E-state index in [1.165, 1.54) is 0 Å². The fourth-order valence-electron chi connectivity index (χ4n) is 0.900. The molecule has 0 aliphatic rings. The zero-order valence-corrected chi connectivity index (χ0v) is 6.86. The maximum Gasteiger partial charge on any atom is 0.174 e. The highest BCUT2D eigenvalue weighted by molar-refractivity contribution is 6.37. The molecule has 0 saturated heterocycles. The molecule has 3 nitrogen and oxygen atoms in total. The molecule has 4 heteroatoms. The van der Waals surface area contributed by atoms with Gasteiger partial charge in [-0.25, -0.2) is 0 Å². The monoisotopic (exact) mass is 171 g/mol. The van der Waals surface area contributed by atoms with Crippen LogP contribution in [-0.4, -0.2) is 20.7 Å². The fourth-order valence-corrected chi connectivity index (χ4v) is 0.900. The quantitative estimate of drug-likeness (QED) is 0.481. The molecule has 0 heterocycles. The summed E-state index contributed by atoms with van der Waals surface area (Å²) < 4.78 is 4.98. The van der Waals surface area contributed by atoms with E-state index in [0.717, 1.165) is 0 Å². The first kappa shape index (κ1) is 9.33. The lowest BCUT2D eigenvalue weighted by Gasteiger charge is -2.06. The molecule has 0 aliphatic heterocycles. The van der Waals surface area contributed by atoms with E-state index in [1.807, 2.05) is 6.07 Å². The van der Waals surface area contributed by atoms with Gasteiger partial charge >= 0.3 is 0 Å². The summed E-state index contributed by atoms with van der Waals surface area (Å²) in [5, 5.41) is 8.26. The van der Waals surface area contributed by atoms with Crippen molar-refractivity contribution in [2.24, 2.45) is 0 Å². The highest BCUT2D eigenvalue weighted by Gasteiger charge is 2.02. The molecule has 62 valence electrons. The lowest BCUT2D eigenvalue weighted by Crippen LogP contribution is -2.14. The summed E-state index contributed by atoms with van der Waals surface area (Å²) in [6, 6.07) is 6.66. The average Bonchev–Trinajstić information content (AvgIpc) is 2.16. The molecule has 0 amide bonds. The number of nitrogens with zero attached hydrogens (tertiary/aromatic N) is 1. The standard InChI is InChI=1S/C9H6BNO2/c10-9-7(6-12)2-1-3-8(9)13-5-4-11/h1-3,6H,5H2. The normalized spacial score (nSPS) is 8.85. The topological polar surface area (TPSA) is 50.1 Å². The Balaban J connectivity index is 2.95. The van der Waals surface area contributed by atoms with Crippen LogP contribution >= 0.6 is 0 Å². The third-order valence-electron chi connectivity index (χ3n) is 1.52. The van der Waals surface area contributed by atoms with Gasteiger partial charge in [0.25, 0.3) is 0 Å². The van der Waals surface area contributed by atoms with E-state index in [-0.39, 0.29) is 12.1 Å². The second kappa shape index (κ2) is 4.32. The Morgan fingerprint density at radius 3 is 3.00 bits per heavy atom. The fraction of sp³-hybridized carbons (Fsp3) is 0.111. The Labute approximate surface area is 77.3 Å². The zero-order chi connectivity index (χ0) is 9.68. The molecule has 2 radical (unpaired) electrons. The largest absolute Gasteiger partial charge is 0.479 e. The van der Waals surface area contributed by atoms with E-state index >= 15 is 0 Å². The number of carbonyl (C=O) groups excluding carboxylic acids is 1. The Kier molecular flexibility index (Phi) is 3.10. The smallest absolute Gasteiger partial charge is 0.174 e. The van der Waals surface area contributed by atoms with Crippen molar-refractivity contribution in [3.05, 3.63) is 23.8 Å².